The molecule has 0 saturated heterocycles. The number of nitro groups is 1. The van der Waals surface area contributed by atoms with E-state index in [9.17, 15) is 14.9 Å². The number of nitrogens with one attached hydrogen (secondary N) is 1. The summed E-state index contributed by atoms with van der Waals surface area (Å²) in [4.78, 5) is 22.2. The number of anilines is 1. The van der Waals surface area contributed by atoms with E-state index < -0.39 is 4.92 Å². The summed E-state index contributed by atoms with van der Waals surface area (Å²) in [7, 11) is 0. The lowest BCUT2D eigenvalue weighted by molar-refractivity contribution is -0.653. The zero-order valence-corrected chi connectivity index (χ0v) is 12.2. The number of aromatic nitrogens is 1. The van der Waals surface area contributed by atoms with Crippen LogP contribution in [0.25, 0.3) is 10.2 Å². The van der Waals surface area contributed by atoms with Crippen molar-refractivity contribution < 1.29 is 14.3 Å². The number of fused-ring (bicyclic) bond motifs is 1. The Kier molecular flexibility index (Phi) is 3.80. The van der Waals surface area contributed by atoms with Crippen molar-refractivity contribution in [3.63, 3.8) is 0 Å². The predicted octanol–water partition coefficient (Wildman–Crippen LogP) is 2.74. The van der Waals surface area contributed by atoms with Crippen LogP contribution >= 0.6 is 11.3 Å². The molecule has 22 heavy (non-hydrogen) atoms. The van der Waals surface area contributed by atoms with Crippen molar-refractivity contribution in [1.29, 1.82) is 0 Å². The van der Waals surface area contributed by atoms with Crippen LogP contribution in [-0.2, 0) is 11.3 Å². The van der Waals surface area contributed by atoms with Crippen LogP contribution in [0.5, 0.6) is 0 Å². The standard InChI is InChI=1S/C15H11N3O3S/c19-15(16-11-5-7-12(8-6-11)18(20)21)9-17-10-22-14-4-2-1-3-13(14)17/h1-8,10H,9H2/p+1. The van der Waals surface area contributed by atoms with Crippen LogP contribution < -0.4 is 9.88 Å². The lowest BCUT2D eigenvalue weighted by Crippen LogP contribution is -2.38. The molecule has 0 atom stereocenters. The molecule has 0 bridgehead atoms. The fourth-order valence-corrected chi connectivity index (χ4v) is 3.01. The molecular formula is C15H12N3O3S+. The summed E-state index contributed by atoms with van der Waals surface area (Å²) in [5, 5.41) is 13.3. The number of thiazole rings is 1. The summed E-state index contributed by atoms with van der Waals surface area (Å²) >= 11 is 1.58. The lowest BCUT2D eigenvalue weighted by Gasteiger charge is -2.02. The minimum absolute atomic E-state index is 0.00352. The maximum absolute atomic E-state index is 12.1. The summed E-state index contributed by atoms with van der Waals surface area (Å²) in [5.74, 6) is -0.178. The van der Waals surface area contributed by atoms with Crippen molar-refractivity contribution in [2.45, 2.75) is 6.54 Å². The molecule has 0 aliphatic rings. The highest BCUT2D eigenvalue weighted by atomic mass is 32.1. The van der Waals surface area contributed by atoms with E-state index in [1.165, 1.54) is 24.3 Å². The number of carbonyl (C=O) groups is 1. The lowest BCUT2D eigenvalue weighted by atomic mass is 10.3. The van der Waals surface area contributed by atoms with Gasteiger partial charge in [0.15, 0.2) is 0 Å². The first-order valence-corrected chi connectivity index (χ1v) is 7.41. The van der Waals surface area contributed by atoms with Gasteiger partial charge < -0.3 is 5.32 Å². The fraction of sp³-hybridized carbons (Fsp3) is 0.0667. The minimum Gasteiger partial charge on any atom is -0.321 e. The van der Waals surface area contributed by atoms with Crippen molar-refractivity contribution in [2.75, 3.05) is 5.32 Å². The van der Waals surface area contributed by atoms with Gasteiger partial charge in [0, 0.05) is 23.9 Å². The molecule has 0 fully saturated rings. The van der Waals surface area contributed by atoms with Crippen molar-refractivity contribution in [3.05, 3.63) is 64.2 Å². The number of amides is 1. The minimum atomic E-state index is -0.473. The monoisotopic (exact) mass is 314 g/mol. The van der Waals surface area contributed by atoms with E-state index in [-0.39, 0.29) is 18.1 Å². The van der Waals surface area contributed by atoms with Crippen molar-refractivity contribution in [3.8, 4) is 0 Å². The van der Waals surface area contributed by atoms with E-state index in [0.717, 1.165) is 10.2 Å². The van der Waals surface area contributed by atoms with Crippen molar-refractivity contribution >= 4 is 38.8 Å². The third-order valence-electron chi connectivity index (χ3n) is 3.16. The van der Waals surface area contributed by atoms with Gasteiger partial charge in [-0.25, -0.2) is 0 Å². The molecule has 1 heterocycles. The molecule has 0 spiro atoms. The molecule has 3 aromatic rings. The Bertz CT molecular complexity index is 843. The number of non-ortho nitro benzene ring substituents is 1. The number of para-hydroxylation sites is 1. The van der Waals surface area contributed by atoms with Gasteiger partial charge in [0.25, 0.3) is 11.6 Å². The maximum atomic E-state index is 12.1. The highest BCUT2D eigenvalue weighted by Crippen LogP contribution is 2.16. The van der Waals surface area contributed by atoms with Crippen LogP contribution in [0.3, 0.4) is 0 Å². The zero-order chi connectivity index (χ0) is 15.5. The third kappa shape index (κ3) is 2.94. The van der Waals surface area contributed by atoms with Crippen molar-refractivity contribution in [2.24, 2.45) is 0 Å². The highest BCUT2D eigenvalue weighted by Gasteiger charge is 2.15. The molecule has 3 rings (SSSR count). The normalized spacial score (nSPS) is 10.5. The van der Waals surface area contributed by atoms with Crippen LogP contribution in [0.15, 0.2) is 54.0 Å². The molecule has 1 aromatic heterocycles. The molecular weight excluding hydrogens is 302 g/mol. The van der Waals surface area contributed by atoms with E-state index in [1.807, 2.05) is 34.3 Å². The molecule has 6 nitrogen and oxygen atoms in total. The average Bonchev–Trinajstić information content (AvgIpc) is 2.91. The quantitative estimate of drug-likeness (QED) is 0.457. The first-order valence-electron chi connectivity index (χ1n) is 6.53. The number of carbonyl (C=O) groups excluding carboxylic acids is 1. The van der Waals surface area contributed by atoms with Gasteiger partial charge in [0.2, 0.25) is 17.6 Å². The van der Waals surface area contributed by atoms with Crippen LogP contribution in [0.1, 0.15) is 0 Å². The molecule has 0 saturated carbocycles. The molecule has 0 radical (unpaired) electrons. The molecule has 0 aliphatic heterocycles. The second-order valence-corrected chi connectivity index (χ2v) is 5.56. The summed E-state index contributed by atoms with van der Waals surface area (Å²) in [5.41, 5.74) is 3.44. The molecule has 1 amide bonds. The molecule has 110 valence electrons. The second-order valence-electron chi connectivity index (χ2n) is 4.67. The Labute approximate surface area is 129 Å². The largest absolute Gasteiger partial charge is 0.321 e. The average molecular weight is 314 g/mol. The fourth-order valence-electron chi connectivity index (χ4n) is 2.12. The smallest absolute Gasteiger partial charge is 0.290 e. The zero-order valence-electron chi connectivity index (χ0n) is 11.4. The number of nitrogens with zero attached hydrogens (tertiary/aromatic N) is 2. The molecule has 0 aliphatic carbocycles. The Hall–Kier alpha value is -2.80. The summed E-state index contributed by atoms with van der Waals surface area (Å²) in [6, 6.07) is 13.6. The Balaban J connectivity index is 1.71. The SMILES string of the molecule is O=C(C[n+]1csc2ccccc21)Nc1ccc([N+](=O)[O-])cc1. The highest BCUT2D eigenvalue weighted by molar-refractivity contribution is 7.16. The summed E-state index contributed by atoms with van der Waals surface area (Å²) in [6.07, 6.45) is 0. The molecule has 1 N–H and O–H groups in total. The second kappa shape index (κ2) is 5.90. The Morgan fingerprint density at radius 1 is 1.18 bits per heavy atom. The van der Waals surface area contributed by atoms with Gasteiger partial charge in [-0.3, -0.25) is 14.9 Å². The van der Waals surface area contributed by atoms with Crippen LogP contribution in [0, 0.1) is 10.1 Å². The van der Waals surface area contributed by atoms with E-state index >= 15 is 0 Å². The van der Waals surface area contributed by atoms with E-state index in [4.69, 9.17) is 0 Å². The van der Waals surface area contributed by atoms with Gasteiger partial charge in [-0.05, 0) is 18.2 Å². The molecule has 0 unspecified atom stereocenters. The maximum Gasteiger partial charge on any atom is 0.290 e. The molecule has 7 heteroatoms. The van der Waals surface area contributed by atoms with E-state index in [0.29, 0.717) is 5.69 Å². The van der Waals surface area contributed by atoms with Crippen LogP contribution in [0.2, 0.25) is 0 Å². The topological polar surface area (TPSA) is 76.1 Å². The number of hydrogen-bond donors (Lipinski definition) is 1. The number of rotatable bonds is 4. The Morgan fingerprint density at radius 2 is 1.91 bits per heavy atom. The van der Waals surface area contributed by atoms with Crippen LogP contribution in [0.4, 0.5) is 11.4 Å². The number of hydrogen-bond acceptors (Lipinski definition) is 4. The third-order valence-corrected chi connectivity index (χ3v) is 4.12. The van der Waals surface area contributed by atoms with Gasteiger partial charge in [-0.15, -0.1) is 0 Å². The number of benzene rings is 2. The Morgan fingerprint density at radius 3 is 2.64 bits per heavy atom. The van der Waals surface area contributed by atoms with Gasteiger partial charge in [-0.1, -0.05) is 23.5 Å². The van der Waals surface area contributed by atoms with Gasteiger partial charge in [0.05, 0.1) is 4.92 Å². The molecule has 2 aromatic carbocycles. The first-order chi connectivity index (χ1) is 10.6. The number of nitro benzene ring substituents is 1. The van der Waals surface area contributed by atoms with E-state index in [1.54, 1.807) is 11.3 Å². The van der Waals surface area contributed by atoms with Gasteiger partial charge >= 0.3 is 0 Å². The predicted molar refractivity (Wildman–Crippen MR) is 83.7 cm³/mol. The van der Waals surface area contributed by atoms with Crippen LogP contribution in [-0.4, -0.2) is 10.8 Å². The van der Waals surface area contributed by atoms with Gasteiger partial charge in [0.1, 0.15) is 4.70 Å². The van der Waals surface area contributed by atoms with Gasteiger partial charge in [-0.2, -0.15) is 4.57 Å². The first kappa shape index (κ1) is 14.2. The van der Waals surface area contributed by atoms with E-state index in [2.05, 4.69) is 5.32 Å². The van der Waals surface area contributed by atoms with Crippen molar-refractivity contribution in [1.82, 2.24) is 0 Å². The summed E-state index contributed by atoms with van der Waals surface area (Å²) in [6.45, 7) is 0.195. The summed E-state index contributed by atoms with van der Waals surface area (Å²) < 4.78 is 2.99.